The molecular formula is C17H33IN4O2. The summed E-state index contributed by atoms with van der Waals surface area (Å²) in [6.45, 7) is 7.37. The third-order valence-electron chi connectivity index (χ3n) is 4.91. The highest BCUT2D eigenvalue weighted by Crippen LogP contribution is 2.23. The van der Waals surface area contributed by atoms with Gasteiger partial charge in [-0.2, -0.15) is 0 Å². The third-order valence-corrected chi connectivity index (χ3v) is 4.91. The first-order valence-corrected chi connectivity index (χ1v) is 8.92. The normalized spacial score (nSPS) is 27.5. The molecule has 140 valence electrons. The van der Waals surface area contributed by atoms with E-state index in [1.165, 1.54) is 6.42 Å². The average Bonchev–Trinajstić information content (AvgIpc) is 2.98. The molecule has 2 N–H and O–H groups in total. The van der Waals surface area contributed by atoms with E-state index in [1.807, 2.05) is 4.90 Å². The van der Waals surface area contributed by atoms with E-state index >= 15 is 0 Å². The van der Waals surface area contributed by atoms with Crippen LogP contribution < -0.4 is 10.6 Å². The van der Waals surface area contributed by atoms with Gasteiger partial charge in [0.2, 0.25) is 5.91 Å². The van der Waals surface area contributed by atoms with Crippen molar-refractivity contribution in [3.63, 3.8) is 0 Å². The monoisotopic (exact) mass is 452 g/mol. The maximum Gasteiger partial charge on any atom is 0.224 e. The van der Waals surface area contributed by atoms with E-state index in [1.54, 1.807) is 7.05 Å². The molecule has 2 heterocycles. The lowest BCUT2D eigenvalue weighted by Crippen LogP contribution is -2.47. The number of rotatable bonds is 5. The molecule has 0 bridgehead atoms. The van der Waals surface area contributed by atoms with Crippen LogP contribution in [0.25, 0.3) is 0 Å². The molecule has 0 aromatic rings. The number of aliphatic imine (C=N–C) groups is 1. The molecule has 0 saturated carbocycles. The number of nitrogens with one attached hydrogen (secondary N) is 2. The van der Waals surface area contributed by atoms with Crippen molar-refractivity contribution in [1.82, 2.24) is 15.5 Å². The summed E-state index contributed by atoms with van der Waals surface area (Å²) >= 11 is 0. The van der Waals surface area contributed by atoms with Crippen LogP contribution in [-0.4, -0.2) is 61.7 Å². The quantitative estimate of drug-likeness (QED) is 0.381. The Morgan fingerprint density at radius 1 is 1.33 bits per heavy atom. The fraction of sp³-hybridized carbons (Fsp3) is 0.882. The number of halogens is 1. The predicted molar refractivity (Wildman–Crippen MR) is 108 cm³/mol. The maximum absolute atomic E-state index is 12.3. The molecule has 2 unspecified atom stereocenters. The molecule has 24 heavy (non-hydrogen) atoms. The number of nitrogens with zero attached hydrogens (tertiary/aromatic N) is 2. The van der Waals surface area contributed by atoms with Gasteiger partial charge in [-0.1, -0.05) is 0 Å². The molecule has 2 aliphatic heterocycles. The van der Waals surface area contributed by atoms with Crippen LogP contribution in [0, 0.1) is 0 Å². The van der Waals surface area contributed by atoms with E-state index in [-0.39, 0.29) is 35.5 Å². The van der Waals surface area contributed by atoms with Crippen LogP contribution in [0.5, 0.6) is 0 Å². The van der Waals surface area contributed by atoms with Crippen molar-refractivity contribution in [2.45, 2.75) is 64.0 Å². The Labute approximate surface area is 163 Å². The van der Waals surface area contributed by atoms with Gasteiger partial charge in [0, 0.05) is 45.8 Å². The number of piperidine rings is 1. The van der Waals surface area contributed by atoms with Crippen molar-refractivity contribution in [3.05, 3.63) is 0 Å². The highest BCUT2D eigenvalue weighted by Gasteiger charge is 2.29. The highest BCUT2D eigenvalue weighted by atomic mass is 127. The van der Waals surface area contributed by atoms with Crippen molar-refractivity contribution in [2.75, 3.05) is 33.3 Å². The fourth-order valence-electron chi connectivity index (χ4n) is 3.37. The molecule has 2 fully saturated rings. The Hall–Kier alpha value is -0.570. The standard InChI is InChI=1S/C17H32N4O2.HI/c1-14-7-4-5-11-21(14)15(22)8-10-19-16(18-3)20-13-17(2)9-6-12-23-17;/h14H,4-13H2,1-3H3,(H2,18,19,20);1H. The van der Waals surface area contributed by atoms with Crippen molar-refractivity contribution in [2.24, 2.45) is 4.99 Å². The highest BCUT2D eigenvalue weighted by molar-refractivity contribution is 14.0. The first-order valence-electron chi connectivity index (χ1n) is 8.92. The van der Waals surface area contributed by atoms with Crippen LogP contribution in [0.2, 0.25) is 0 Å². The van der Waals surface area contributed by atoms with E-state index in [2.05, 4.69) is 29.5 Å². The van der Waals surface area contributed by atoms with Crippen LogP contribution in [0.3, 0.4) is 0 Å². The molecule has 2 saturated heterocycles. The van der Waals surface area contributed by atoms with Gasteiger partial charge in [0.05, 0.1) is 5.60 Å². The zero-order valence-corrected chi connectivity index (χ0v) is 17.6. The second-order valence-electron chi connectivity index (χ2n) is 6.94. The molecule has 1 amide bonds. The first-order chi connectivity index (χ1) is 11.0. The van der Waals surface area contributed by atoms with Gasteiger partial charge < -0.3 is 20.3 Å². The predicted octanol–water partition coefficient (Wildman–Crippen LogP) is 2.13. The van der Waals surface area contributed by atoms with Gasteiger partial charge in [-0.3, -0.25) is 9.79 Å². The van der Waals surface area contributed by atoms with E-state index in [0.29, 0.717) is 19.0 Å². The topological polar surface area (TPSA) is 66.0 Å². The summed E-state index contributed by atoms with van der Waals surface area (Å²) in [4.78, 5) is 18.5. The minimum atomic E-state index is -0.101. The van der Waals surface area contributed by atoms with Crippen molar-refractivity contribution in [3.8, 4) is 0 Å². The number of likely N-dealkylation sites (tertiary alicyclic amines) is 1. The van der Waals surface area contributed by atoms with Crippen LogP contribution in [-0.2, 0) is 9.53 Å². The molecule has 6 nitrogen and oxygen atoms in total. The van der Waals surface area contributed by atoms with Crippen molar-refractivity contribution >= 4 is 35.8 Å². The lowest BCUT2D eigenvalue weighted by molar-refractivity contribution is -0.134. The number of carbonyl (C=O) groups excluding carboxylic acids is 1. The van der Waals surface area contributed by atoms with E-state index in [9.17, 15) is 4.79 Å². The molecule has 2 aliphatic rings. The zero-order valence-electron chi connectivity index (χ0n) is 15.3. The van der Waals surface area contributed by atoms with Gasteiger partial charge in [-0.05, 0) is 46.0 Å². The van der Waals surface area contributed by atoms with Crippen molar-refractivity contribution < 1.29 is 9.53 Å². The first kappa shape index (κ1) is 21.5. The van der Waals surface area contributed by atoms with Gasteiger partial charge in [0.1, 0.15) is 0 Å². The summed E-state index contributed by atoms with van der Waals surface area (Å²) in [6, 6.07) is 0.383. The van der Waals surface area contributed by atoms with Crippen LogP contribution in [0.1, 0.15) is 52.4 Å². The molecular weight excluding hydrogens is 419 g/mol. The Balaban J connectivity index is 0.00000288. The summed E-state index contributed by atoms with van der Waals surface area (Å²) in [6.07, 6.45) is 6.20. The number of carbonyl (C=O) groups is 1. The van der Waals surface area contributed by atoms with Gasteiger partial charge in [-0.15, -0.1) is 24.0 Å². The second kappa shape index (κ2) is 10.4. The van der Waals surface area contributed by atoms with Gasteiger partial charge in [0.15, 0.2) is 5.96 Å². The smallest absolute Gasteiger partial charge is 0.224 e. The minimum absolute atomic E-state index is 0. The Bertz CT molecular complexity index is 425. The summed E-state index contributed by atoms with van der Waals surface area (Å²) in [7, 11) is 1.75. The number of guanidine groups is 1. The molecule has 7 heteroatoms. The third kappa shape index (κ3) is 6.38. The Morgan fingerprint density at radius 2 is 2.12 bits per heavy atom. The molecule has 0 spiro atoms. The average molecular weight is 452 g/mol. The van der Waals surface area contributed by atoms with E-state index in [0.717, 1.165) is 51.3 Å². The number of hydrogen-bond donors (Lipinski definition) is 2. The molecule has 2 rings (SSSR count). The fourth-order valence-corrected chi connectivity index (χ4v) is 3.37. The van der Waals surface area contributed by atoms with Gasteiger partial charge >= 0.3 is 0 Å². The zero-order chi connectivity index (χ0) is 16.7. The summed E-state index contributed by atoms with van der Waals surface area (Å²) in [5.41, 5.74) is -0.101. The molecule has 0 aromatic heterocycles. The maximum atomic E-state index is 12.3. The molecule has 0 aromatic carbocycles. The van der Waals surface area contributed by atoms with E-state index in [4.69, 9.17) is 4.74 Å². The lowest BCUT2D eigenvalue weighted by atomic mass is 10.0. The second-order valence-corrected chi connectivity index (χ2v) is 6.94. The van der Waals surface area contributed by atoms with Gasteiger partial charge in [-0.25, -0.2) is 0 Å². The number of ether oxygens (including phenoxy) is 1. The van der Waals surface area contributed by atoms with Crippen LogP contribution in [0.15, 0.2) is 4.99 Å². The number of hydrogen-bond acceptors (Lipinski definition) is 3. The van der Waals surface area contributed by atoms with Gasteiger partial charge in [0.25, 0.3) is 0 Å². The Morgan fingerprint density at radius 3 is 2.75 bits per heavy atom. The SMILES string of the molecule is CN=C(NCCC(=O)N1CCCCC1C)NCC1(C)CCCO1.I. The summed E-state index contributed by atoms with van der Waals surface area (Å²) < 4.78 is 5.76. The molecule has 0 radical (unpaired) electrons. The Kier molecular flexibility index (Phi) is 9.33. The van der Waals surface area contributed by atoms with E-state index < -0.39 is 0 Å². The molecule has 0 aliphatic carbocycles. The number of amides is 1. The minimum Gasteiger partial charge on any atom is -0.373 e. The molecule has 2 atom stereocenters. The van der Waals surface area contributed by atoms with Crippen molar-refractivity contribution in [1.29, 1.82) is 0 Å². The summed E-state index contributed by atoms with van der Waals surface area (Å²) in [5.74, 6) is 0.979. The largest absolute Gasteiger partial charge is 0.373 e. The van der Waals surface area contributed by atoms with Crippen LogP contribution in [0.4, 0.5) is 0 Å². The lowest BCUT2D eigenvalue weighted by Gasteiger charge is -2.33. The van der Waals surface area contributed by atoms with Crippen LogP contribution >= 0.6 is 24.0 Å². The summed E-state index contributed by atoms with van der Waals surface area (Å²) in [5, 5.41) is 6.53.